The van der Waals surface area contributed by atoms with E-state index in [9.17, 15) is 9.59 Å². The first-order valence-corrected chi connectivity index (χ1v) is 6.64. The number of aromatic nitrogens is 1. The Morgan fingerprint density at radius 2 is 1.85 bits per heavy atom. The number of pyridine rings is 1. The molecule has 2 N–H and O–H groups in total. The summed E-state index contributed by atoms with van der Waals surface area (Å²) in [5.41, 5.74) is 1.68. The van der Waals surface area contributed by atoms with Gasteiger partial charge < -0.3 is 10.6 Å². The molecule has 0 unspecified atom stereocenters. The molecule has 0 saturated carbocycles. The molecular weight excluding hydrogens is 322 g/mol. The van der Waals surface area contributed by atoms with Crippen LogP contribution in [-0.2, 0) is 0 Å². The van der Waals surface area contributed by atoms with Gasteiger partial charge in [0, 0.05) is 11.3 Å². The van der Waals surface area contributed by atoms with Crippen molar-refractivity contribution in [1.82, 2.24) is 4.98 Å². The second-order valence-electron chi connectivity index (χ2n) is 4.09. The molecule has 0 bridgehead atoms. The van der Waals surface area contributed by atoms with Crippen molar-refractivity contribution in [1.29, 1.82) is 0 Å². The van der Waals surface area contributed by atoms with Gasteiger partial charge in [-0.05, 0) is 47.1 Å². The van der Waals surface area contributed by atoms with Crippen molar-refractivity contribution >= 4 is 39.1 Å². The summed E-state index contributed by atoms with van der Waals surface area (Å²) in [5, 5.41) is 5.31. The Balaban J connectivity index is 2.02. The Labute approximate surface area is 124 Å². The van der Waals surface area contributed by atoms with Crippen LogP contribution < -0.4 is 10.6 Å². The van der Waals surface area contributed by atoms with Crippen LogP contribution in [0.2, 0.25) is 0 Å². The van der Waals surface area contributed by atoms with Crippen molar-refractivity contribution in [3.63, 3.8) is 0 Å². The zero-order chi connectivity index (χ0) is 14.5. The molecule has 0 aliphatic heterocycles. The molecule has 0 fully saturated rings. The minimum Gasteiger partial charge on any atom is -0.308 e. The summed E-state index contributed by atoms with van der Waals surface area (Å²) < 4.78 is 0.692. The maximum absolute atomic E-state index is 11.8. The van der Waals surface area contributed by atoms with E-state index < -0.39 is 6.03 Å². The van der Waals surface area contributed by atoms with Crippen LogP contribution in [0, 0.1) is 0 Å². The number of nitrogens with zero attached hydrogens (tertiary/aromatic N) is 1. The van der Waals surface area contributed by atoms with Crippen LogP contribution in [0.15, 0.2) is 47.2 Å². The van der Waals surface area contributed by atoms with Gasteiger partial charge in [0.05, 0.1) is 11.9 Å². The first kappa shape index (κ1) is 14.2. The molecule has 1 aromatic carbocycles. The predicted octanol–water partition coefficient (Wildman–Crippen LogP) is 3.69. The molecule has 20 heavy (non-hydrogen) atoms. The molecule has 2 aromatic rings. The first-order valence-electron chi connectivity index (χ1n) is 5.85. The lowest BCUT2D eigenvalue weighted by Gasteiger charge is -2.08. The fourth-order valence-corrected chi connectivity index (χ4v) is 1.79. The number of halogens is 1. The third-order valence-electron chi connectivity index (χ3n) is 2.51. The minimum absolute atomic E-state index is 0.0498. The normalized spacial score (nSPS) is 9.90. The Kier molecular flexibility index (Phi) is 4.47. The Morgan fingerprint density at radius 3 is 2.50 bits per heavy atom. The lowest BCUT2D eigenvalue weighted by atomic mass is 10.1. The van der Waals surface area contributed by atoms with E-state index in [2.05, 4.69) is 31.5 Å². The van der Waals surface area contributed by atoms with E-state index in [-0.39, 0.29) is 5.78 Å². The number of Topliss-reactive ketones (excluding diaryl/α,β-unsaturated/α-hetero) is 1. The lowest BCUT2D eigenvalue weighted by molar-refractivity contribution is 0.101. The summed E-state index contributed by atoms with van der Waals surface area (Å²) in [6.45, 7) is 1.48. The highest BCUT2D eigenvalue weighted by atomic mass is 79.9. The lowest BCUT2D eigenvalue weighted by Crippen LogP contribution is -2.19. The molecule has 0 aliphatic carbocycles. The van der Waals surface area contributed by atoms with E-state index in [0.717, 1.165) is 0 Å². The molecule has 0 atom stereocenters. The average Bonchev–Trinajstić information content (AvgIpc) is 2.41. The molecule has 0 spiro atoms. The van der Waals surface area contributed by atoms with Crippen LogP contribution in [0.25, 0.3) is 0 Å². The quantitative estimate of drug-likeness (QED) is 0.664. The van der Waals surface area contributed by atoms with Gasteiger partial charge in [0.25, 0.3) is 0 Å². The summed E-state index contributed by atoms with van der Waals surface area (Å²) >= 11 is 3.22. The first-order chi connectivity index (χ1) is 9.54. The number of anilines is 2. The fraction of sp³-hybridized carbons (Fsp3) is 0.0714. The standard InChI is InChI=1S/C14H12BrN3O2/c1-9(19)10-3-2-4-11(7-10)17-14(20)18-12-5-6-13(15)16-8-12/h2-8H,1H3,(H2,17,18,20). The van der Waals surface area contributed by atoms with E-state index in [1.165, 1.54) is 13.1 Å². The number of hydrogen-bond acceptors (Lipinski definition) is 3. The Bertz CT molecular complexity index is 641. The van der Waals surface area contributed by atoms with E-state index in [1.807, 2.05) is 0 Å². The molecule has 5 nitrogen and oxygen atoms in total. The van der Waals surface area contributed by atoms with Crippen LogP contribution >= 0.6 is 15.9 Å². The van der Waals surface area contributed by atoms with E-state index in [4.69, 9.17) is 0 Å². The summed E-state index contributed by atoms with van der Waals surface area (Å²) in [5.74, 6) is -0.0498. The van der Waals surface area contributed by atoms with Gasteiger partial charge >= 0.3 is 6.03 Å². The van der Waals surface area contributed by atoms with Crippen molar-refractivity contribution < 1.29 is 9.59 Å². The van der Waals surface area contributed by atoms with E-state index in [0.29, 0.717) is 21.5 Å². The summed E-state index contributed by atoms with van der Waals surface area (Å²) in [6, 6.07) is 9.81. The van der Waals surface area contributed by atoms with Crippen molar-refractivity contribution in [2.45, 2.75) is 6.92 Å². The predicted molar refractivity (Wildman–Crippen MR) is 81.0 cm³/mol. The topological polar surface area (TPSA) is 71.1 Å². The third-order valence-corrected chi connectivity index (χ3v) is 2.98. The number of ketones is 1. The zero-order valence-corrected chi connectivity index (χ0v) is 12.3. The van der Waals surface area contributed by atoms with Gasteiger partial charge in [-0.25, -0.2) is 9.78 Å². The van der Waals surface area contributed by atoms with Crippen molar-refractivity contribution in [3.8, 4) is 0 Å². The highest BCUT2D eigenvalue weighted by Gasteiger charge is 2.05. The summed E-state index contributed by atoms with van der Waals surface area (Å²) in [6.07, 6.45) is 1.54. The molecule has 6 heteroatoms. The van der Waals surface area contributed by atoms with Gasteiger partial charge in [-0.15, -0.1) is 0 Å². The van der Waals surface area contributed by atoms with E-state index >= 15 is 0 Å². The van der Waals surface area contributed by atoms with Gasteiger partial charge in [0.1, 0.15) is 4.60 Å². The number of benzene rings is 1. The molecule has 2 amide bonds. The van der Waals surface area contributed by atoms with Crippen LogP contribution in [0.4, 0.5) is 16.2 Å². The van der Waals surface area contributed by atoms with Gasteiger partial charge in [-0.3, -0.25) is 4.79 Å². The maximum Gasteiger partial charge on any atom is 0.323 e. The van der Waals surface area contributed by atoms with Gasteiger partial charge in [0.15, 0.2) is 5.78 Å². The SMILES string of the molecule is CC(=O)c1cccc(NC(=O)Nc2ccc(Br)nc2)c1. The monoisotopic (exact) mass is 333 g/mol. The summed E-state index contributed by atoms with van der Waals surface area (Å²) in [4.78, 5) is 27.1. The zero-order valence-electron chi connectivity index (χ0n) is 10.7. The highest BCUT2D eigenvalue weighted by Crippen LogP contribution is 2.13. The fourth-order valence-electron chi connectivity index (χ4n) is 1.56. The Hall–Kier alpha value is -2.21. The maximum atomic E-state index is 11.8. The van der Waals surface area contributed by atoms with Gasteiger partial charge in [0.2, 0.25) is 0 Å². The third kappa shape index (κ3) is 3.89. The van der Waals surface area contributed by atoms with Crippen LogP contribution in [0.3, 0.4) is 0 Å². The molecule has 2 rings (SSSR count). The molecule has 102 valence electrons. The number of carbonyl (C=O) groups excluding carboxylic acids is 2. The number of rotatable bonds is 3. The number of amides is 2. The van der Waals surface area contributed by atoms with Crippen LogP contribution in [0.1, 0.15) is 17.3 Å². The number of nitrogens with one attached hydrogen (secondary N) is 2. The number of hydrogen-bond donors (Lipinski definition) is 2. The molecule has 1 heterocycles. The molecular formula is C14H12BrN3O2. The second kappa shape index (κ2) is 6.29. The molecule has 0 aliphatic rings. The van der Waals surface area contributed by atoms with Gasteiger partial charge in [-0.1, -0.05) is 12.1 Å². The Morgan fingerprint density at radius 1 is 1.10 bits per heavy atom. The highest BCUT2D eigenvalue weighted by molar-refractivity contribution is 9.10. The van der Waals surface area contributed by atoms with Gasteiger partial charge in [-0.2, -0.15) is 0 Å². The number of carbonyl (C=O) groups is 2. The van der Waals surface area contributed by atoms with Crippen LogP contribution in [-0.4, -0.2) is 16.8 Å². The smallest absolute Gasteiger partial charge is 0.308 e. The van der Waals surface area contributed by atoms with E-state index in [1.54, 1.807) is 36.4 Å². The molecule has 1 aromatic heterocycles. The van der Waals surface area contributed by atoms with Crippen molar-refractivity contribution in [2.24, 2.45) is 0 Å². The number of urea groups is 1. The van der Waals surface area contributed by atoms with Crippen LogP contribution in [0.5, 0.6) is 0 Å². The molecule has 0 saturated heterocycles. The molecule has 0 radical (unpaired) electrons. The summed E-state index contributed by atoms with van der Waals surface area (Å²) in [7, 11) is 0. The van der Waals surface area contributed by atoms with Crippen molar-refractivity contribution in [3.05, 3.63) is 52.8 Å². The van der Waals surface area contributed by atoms with Crippen molar-refractivity contribution in [2.75, 3.05) is 10.6 Å². The second-order valence-corrected chi connectivity index (χ2v) is 4.90. The largest absolute Gasteiger partial charge is 0.323 e. The minimum atomic E-state index is -0.394. The average molecular weight is 334 g/mol.